The topological polar surface area (TPSA) is 79.3 Å². The summed E-state index contributed by atoms with van der Waals surface area (Å²) in [4.78, 5) is 27.4. The fourth-order valence-electron chi connectivity index (χ4n) is 3.08. The standard InChI is InChI=1S/C20H20N2O3/c1-13-6-5-8-15-14(7-3-2-4-9-18(23)24)17-12-21-11-10-16(17)20(25)22-19(13)15/h5-8,10-12H,2-4,9H2,1H3,(H,22,25)(H,23,24)/b14-7+. The maximum Gasteiger partial charge on any atom is 0.303 e. The van der Waals surface area contributed by atoms with Crippen molar-refractivity contribution in [2.45, 2.75) is 32.6 Å². The smallest absolute Gasteiger partial charge is 0.303 e. The number of carboxylic acid groups (broad SMARTS) is 1. The average molecular weight is 336 g/mol. The molecule has 5 nitrogen and oxygen atoms in total. The van der Waals surface area contributed by atoms with Gasteiger partial charge in [-0.1, -0.05) is 24.3 Å². The second-order valence-corrected chi connectivity index (χ2v) is 6.13. The van der Waals surface area contributed by atoms with Crippen LogP contribution in [0.3, 0.4) is 0 Å². The maximum atomic E-state index is 12.6. The molecule has 0 bridgehead atoms. The lowest BCUT2D eigenvalue weighted by molar-refractivity contribution is -0.137. The number of nitrogens with one attached hydrogen (secondary N) is 1. The Morgan fingerprint density at radius 1 is 1.20 bits per heavy atom. The van der Waals surface area contributed by atoms with Crippen LogP contribution < -0.4 is 5.32 Å². The van der Waals surface area contributed by atoms with E-state index in [-0.39, 0.29) is 12.3 Å². The molecule has 0 radical (unpaired) electrons. The van der Waals surface area contributed by atoms with E-state index in [1.807, 2.05) is 25.1 Å². The molecule has 1 amide bonds. The minimum Gasteiger partial charge on any atom is -0.481 e. The molecule has 1 aromatic carbocycles. The van der Waals surface area contributed by atoms with E-state index in [0.717, 1.165) is 40.8 Å². The van der Waals surface area contributed by atoms with Crippen LogP contribution in [0.15, 0.2) is 42.7 Å². The molecule has 1 aliphatic rings. The summed E-state index contributed by atoms with van der Waals surface area (Å²) in [7, 11) is 0. The number of amides is 1. The number of rotatable bonds is 5. The van der Waals surface area contributed by atoms with Gasteiger partial charge in [-0.05, 0) is 43.4 Å². The van der Waals surface area contributed by atoms with Crippen LogP contribution in [0.2, 0.25) is 0 Å². The lowest BCUT2D eigenvalue weighted by Gasteiger charge is -2.12. The summed E-state index contributed by atoms with van der Waals surface area (Å²) in [5.41, 5.74) is 5.17. The highest BCUT2D eigenvalue weighted by atomic mass is 16.4. The Balaban J connectivity index is 2.00. The van der Waals surface area contributed by atoms with Crippen molar-refractivity contribution in [3.63, 3.8) is 0 Å². The van der Waals surface area contributed by atoms with Gasteiger partial charge in [0.05, 0.1) is 11.3 Å². The number of anilines is 1. The molecule has 1 aromatic heterocycles. The molecular formula is C20H20N2O3. The lowest BCUT2D eigenvalue weighted by Crippen LogP contribution is -2.12. The van der Waals surface area contributed by atoms with Gasteiger partial charge in [-0.15, -0.1) is 0 Å². The third-order valence-electron chi connectivity index (χ3n) is 4.35. The number of fused-ring (bicyclic) bond motifs is 2. The summed E-state index contributed by atoms with van der Waals surface area (Å²) in [6, 6.07) is 7.66. The number of nitrogens with zero attached hydrogens (tertiary/aromatic N) is 1. The van der Waals surface area contributed by atoms with Crippen molar-refractivity contribution in [1.82, 2.24) is 4.98 Å². The minimum absolute atomic E-state index is 0.137. The second kappa shape index (κ2) is 7.30. The number of aliphatic carboxylic acids is 1. The van der Waals surface area contributed by atoms with Gasteiger partial charge in [0.2, 0.25) is 0 Å². The van der Waals surface area contributed by atoms with Crippen molar-refractivity contribution in [2.24, 2.45) is 0 Å². The number of unbranched alkanes of at least 4 members (excludes halogenated alkanes) is 2. The highest BCUT2D eigenvalue weighted by Crippen LogP contribution is 2.36. The number of allylic oxidation sites excluding steroid dienone is 1. The zero-order chi connectivity index (χ0) is 17.8. The number of hydrogen-bond donors (Lipinski definition) is 2. The normalized spacial score (nSPS) is 14.4. The van der Waals surface area contributed by atoms with Crippen molar-refractivity contribution < 1.29 is 14.7 Å². The molecule has 0 aliphatic carbocycles. The van der Waals surface area contributed by atoms with Gasteiger partial charge in [0.15, 0.2) is 0 Å². The third-order valence-corrected chi connectivity index (χ3v) is 4.35. The molecule has 0 saturated carbocycles. The van der Waals surface area contributed by atoms with Gasteiger partial charge in [-0.2, -0.15) is 0 Å². The van der Waals surface area contributed by atoms with Gasteiger partial charge in [-0.25, -0.2) is 0 Å². The molecule has 0 unspecified atom stereocenters. The molecule has 2 N–H and O–H groups in total. The molecule has 25 heavy (non-hydrogen) atoms. The number of aromatic nitrogens is 1. The molecule has 0 fully saturated rings. The summed E-state index contributed by atoms with van der Waals surface area (Å²) >= 11 is 0. The summed E-state index contributed by atoms with van der Waals surface area (Å²) in [5, 5.41) is 11.8. The number of aryl methyl sites for hydroxylation is 1. The predicted octanol–water partition coefficient (Wildman–Crippen LogP) is 4.03. The number of carbonyl (C=O) groups excluding carboxylic acids is 1. The second-order valence-electron chi connectivity index (χ2n) is 6.13. The quantitative estimate of drug-likeness (QED) is 0.808. The molecule has 0 spiro atoms. The van der Waals surface area contributed by atoms with Crippen LogP contribution in [-0.4, -0.2) is 22.0 Å². The Hall–Kier alpha value is -2.95. The molecule has 3 rings (SSSR count). The van der Waals surface area contributed by atoms with Gasteiger partial charge in [-0.3, -0.25) is 14.6 Å². The summed E-state index contributed by atoms with van der Waals surface area (Å²) < 4.78 is 0. The molecular weight excluding hydrogens is 316 g/mol. The predicted molar refractivity (Wildman–Crippen MR) is 96.6 cm³/mol. The first-order valence-electron chi connectivity index (χ1n) is 8.35. The van der Waals surface area contributed by atoms with E-state index in [1.165, 1.54) is 0 Å². The number of para-hydroxylation sites is 1. The molecule has 1 aliphatic heterocycles. The first-order chi connectivity index (χ1) is 12.1. The number of hydrogen-bond acceptors (Lipinski definition) is 3. The molecule has 128 valence electrons. The van der Waals surface area contributed by atoms with Crippen LogP contribution in [0.5, 0.6) is 0 Å². The summed E-state index contributed by atoms with van der Waals surface area (Å²) in [6.45, 7) is 1.97. The maximum absolute atomic E-state index is 12.6. The van der Waals surface area contributed by atoms with Crippen molar-refractivity contribution in [3.8, 4) is 0 Å². The monoisotopic (exact) mass is 336 g/mol. The zero-order valence-electron chi connectivity index (χ0n) is 14.1. The van der Waals surface area contributed by atoms with Crippen LogP contribution in [0.1, 0.15) is 52.7 Å². The Morgan fingerprint density at radius 3 is 2.84 bits per heavy atom. The summed E-state index contributed by atoms with van der Waals surface area (Å²) in [5.74, 6) is -0.908. The number of carbonyl (C=O) groups is 2. The van der Waals surface area contributed by atoms with Gasteiger partial charge < -0.3 is 10.4 Å². The van der Waals surface area contributed by atoms with Crippen LogP contribution >= 0.6 is 0 Å². The van der Waals surface area contributed by atoms with Crippen molar-refractivity contribution in [2.75, 3.05) is 5.32 Å². The summed E-state index contributed by atoms with van der Waals surface area (Å²) in [6.07, 6.45) is 7.77. The van der Waals surface area contributed by atoms with E-state index in [9.17, 15) is 9.59 Å². The fourth-order valence-corrected chi connectivity index (χ4v) is 3.08. The van der Waals surface area contributed by atoms with E-state index >= 15 is 0 Å². The lowest BCUT2D eigenvalue weighted by atomic mass is 9.93. The Kier molecular flexibility index (Phi) is 4.93. The first kappa shape index (κ1) is 16.9. The average Bonchev–Trinajstić information content (AvgIpc) is 2.71. The van der Waals surface area contributed by atoms with E-state index < -0.39 is 5.97 Å². The van der Waals surface area contributed by atoms with E-state index in [2.05, 4.69) is 16.4 Å². The van der Waals surface area contributed by atoms with Crippen molar-refractivity contribution >= 4 is 23.1 Å². The van der Waals surface area contributed by atoms with E-state index in [1.54, 1.807) is 18.5 Å². The van der Waals surface area contributed by atoms with Gasteiger partial charge in [0, 0.05) is 29.9 Å². The Bertz CT molecular complexity index is 856. The minimum atomic E-state index is -0.771. The fraction of sp³-hybridized carbons (Fsp3) is 0.250. The molecule has 0 atom stereocenters. The van der Waals surface area contributed by atoms with Crippen LogP contribution in [-0.2, 0) is 4.79 Å². The molecule has 0 saturated heterocycles. The molecule has 2 aromatic rings. The van der Waals surface area contributed by atoms with Crippen molar-refractivity contribution in [3.05, 3.63) is 65.0 Å². The number of carboxylic acids is 1. The molecule has 5 heteroatoms. The van der Waals surface area contributed by atoms with Gasteiger partial charge >= 0.3 is 5.97 Å². The van der Waals surface area contributed by atoms with Gasteiger partial charge in [0.25, 0.3) is 5.91 Å². The van der Waals surface area contributed by atoms with Crippen LogP contribution in [0, 0.1) is 6.92 Å². The SMILES string of the molecule is Cc1cccc2c1NC(=O)c1ccncc1/C2=C/CCCCC(=O)O. The van der Waals surface area contributed by atoms with Crippen molar-refractivity contribution in [1.29, 1.82) is 0 Å². The van der Waals surface area contributed by atoms with Crippen LogP contribution in [0.4, 0.5) is 5.69 Å². The molecule has 2 heterocycles. The zero-order valence-corrected chi connectivity index (χ0v) is 14.1. The Labute approximate surface area is 146 Å². The van der Waals surface area contributed by atoms with Gasteiger partial charge in [0.1, 0.15) is 0 Å². The highest BCUT2D eigenvalue weighted by molar-refractivity contribution is 6.13. The number of pyridine rings is 1. The third kappa shape index (κ3) is 3.60. The Morgan fingerprint density at radius 2 is 2.04 bits per heavy atom. The number of benzene rings is 1. The first-order valence-corrected chi connectivity index (χ1v) is 8.35. The highest BCUT2D eigenvalue weighted by Gasteiger charge is 2.23. The largest absolute Gasteiger partial charge is 0.481 e. The van der Waals surface area contributed by atoms with E-state index in [4.69, 9.17) is 5.11 Å². The van der Waals surface area contributed by atoms with E-state index in [0.29, 0.717) is 12.0 Å². The van der Waals surface area contributed by atoms with Crippen LogP contribution in [0.25, 0.3) is 5.57 Å².